The fourth-order valence-corrected chi connectivity index (χ4v) is 2.19. The summed E-state index contributed by atoms with van der Waals surface area (Å²) < 4.78 is 2.10. The van der Waals surface area contributed by atoms with Crippen molar-refractivity contribution in [1.29, 1.82) is 0 Å². The van der Waals surface area contributed by atoms with Gasteiger partial charge < -0.3 is 10.3 Å². The van der Waals surface area contributed by atoms with E-state index in [0.717, 1.165) is 18.7 Å². The summed E-state index contributed by atoms with van der Waals surface area (Å²) in [5.41, 5.74) is 8.66. The molecule has 1 atom stereocenters. The van der Waals surface area contributed by atoms with E-state index in [-0.39, 0.29) is 6.04 Å². The normalized spacial score (nSPS) is 19.1. The molecule has 1 aliphatic rings. The molecule has 0 unspecified atom stereocenters. The Hall–Kier alpha value is -1.61. The molecule has 2 aromatic rings. The summed E-state index contributed by atoms with van der Waals surface area (Å²) in [5.74, 6) is 0.972. The van der Waals surface area contributed by atoms with Crippen molar-refractivity contribution in [2.75, 3.05) is 0 Å². The van der Waals surface area contributed by atoms with Crippen molar-refractivity contribution >= 4 is 0 Å². The summed E-state index contributed by atoms with van der Waals surface area (Å²) in [7, 11) is 0. The molecular weight excluding hydrogens is 186 g/mol. The molecule has 0 saturated carbocycles. The molecule has 0 saturated heterocycles. The number of benzene rings is 1. The van der Waals surface area contributed by atoms with Gasteiger partial charge in [0.15, 0.2) is 0 Å². The van der Waals surface area contributed by atoms with Crippen LogP contribution in [0.2, 0.25) is 0 Å². The van der Waals surface area contributed by atoms with Crippen LogP contribution in [0.1, 0.15) is 23.9 Å². The highest BCUT2D eigenvalue weighted by Crippen LogP contribution is 2.26. The number of nitrogens with two attached hydrogens (primary N) is 1. The second kappa shape index (κ2) is 3.21. The number of fused-ring (bicyclic) bond motifs is 3. The quantitative estimate of drug-likeness (QED) is 0.703. The van der Waals surface area contributed by atoms with Gasteiger partial charge in [0.2, 0.25) is 0 Å². The third-order valence-electron chi connectivity index (χ3n) is 2.98. The van der Waals surface area contributed by atoms with Gasteiger partial charge in [-0.25, -0.2) is 4.98 Å². The van der Waals surface area contributed by atoms with E-state index in [0.29, 0.717) is 0 Å². The van der Waals surface area contributed by atoms with E-state index in [1.165, 1.54) is 11.3 Å². The number of aromatic nitrogens is 2. The van der Waals surface area contributed by atoms with Gasteiger partial charge in [-0.3, -0.25) is 0 Å². The van der Waals surface area contributed by atoms with Gasteiger partial charge in [-0.1, -0.05) is 18.2 Å². The zero-order valence-corrected chi connectivity index (χ0v) is 8.43. The maximum atomic E-state index is 6.09. The Bertz CT molecular complexity index is 487. The summed E-state index contributed by atoms with van der Waals surface area (Å²) in [6.07, 6.45) is 5.80. The predicted molar refractivity (Wildman–Crippen MR) is 58.8 cm³/mol. The van der Waals surface area contributed by atoms with Gasteiger partial charge in [-0.2, -0.15) is 0 Å². The van der Waals surface area contributed by atoms with E-state index in [1.807, 2.05) is 12.4 Å². The SMILES string of the molecule is N[C@H]1CCc2ccccc2-n2ccnc21. The van der Waals surface area contributed by atoms with Crippen LogP contribution in [0.3, 0.4) is 0 Å². The summed E-state index contributed by atoms with van der Waals surface area (Å²) in [6, 6.07) is 8.47. The van der Waals surface area contributed by atoms with Gasteiger partial charge in [0.1, 0.15) is 5.82 Å². The highest BCUT2D eigenvalue weighted by molar-refractivity contribution is 5.43. The average molecular weight is 199 g/mol. The van der Waals surface area contributed by atoms with Crippen molar-refractivity contribution < 1.29 is 0 Å². The molecule has 1 aliphatic heterocycles. The van der Waals surface area contributed by atoms with Crippen LogP contribution in [0, 0.1) is 0 Å². The van der Waals surface area contributed by atoms with E-state index < -0.39 is 0 Å². The Balaban J connectivity index is 2.26. The molecule has 3 rings (SSSR count). The number of rotatable bonds is 0. The molecule has 0 bridgehead atoms. The molecule has 1 aromatic heterocycles. The standard InChI is InChI=1S/C12H13N3/c13-10-6-5-9-3-1-2-4-11(9)15-8-7-14-12(10)15/h1-4,7-8,10H,5-6,13H2/t10-/m0/s1. The molecule has 0 radical (unpaired) electrons. The highest BCUT2D eigenvalue weighted by atomic mass is 15.1. The molecule has 3 nitrogen and oxygen atoms in total. The van der Waals surface area contributed by atoms with Crippen LogP contribution < -0.4 is 5.73 Å². The molecular formula is C12H13N3. The fraction of sp³-hybridized carbons (Fsp3) is 0.250. The van der Waals surface area contributed by atoms with Gasteiger partial charge >= 0.3 is 0 Å². The Morgan fingerprint density at radius 1 is 1.33 bits per heavy atom. The van der Waals surface area contributed by atoms with Gasteiger partial charge in [0, 0.05) is 18.1 Å². The first-order valence-electron chi connectivity index (χ1n) is 5.23. The summed E-state index contributed by atoms with van der Waals surface area (Å²) in [4.78, 5) is 4.33. The number of hydrogen-bond acceptors (Lipinski definition) is 2. The maximum Gasteiger partial charge on any atom is 0.130 e. The zero-order chi connectivity index (χ0) is 10.3. The average Bonchev–Trinajstić information content (AvgIpc) is 2.71. The van der Waals surface area contributed by atoms with E-state index in [4.69, 9.17) is 5.73 Å². The first-order valence-corrected chi connectivity index (χ1v) is 5.23. The molecule has 2 heterocycles. The van der Waals surface area contributed by atoms with Crippen molar-refractivity contribution in [3.05, 3.63) is 48.0 Å². The topological polar surface area (TPSA) is 43.8 Å². The number of imidazole rings is 1. The number of hydrogen-bond donors (Lipinski definition) is 1. The third-order valence-corrected chi connectivity index (χ3v) is 2.98. The minimum absolute atomic E-state index is 0.0485. The fourth-order valence-electron chi connectivity index (χ4n) is 2.19. The Labute approximate surface area is 88.6 Å². The molecule has 0 fully saturated rings. The van der Waals surface area contributed by atoms with Gasteiger partial charge in [-0.15, -0.1) is 0 Å². The molecule has 0 spiro atoms. The smallest absolute Gasteiger partial charge is 0.130 e. The zero-order valence-electron chi connectivity index (χ0n) is 8.43. The first kappa shape index (κ1) is 8.68. The minimum atomic E-state index is 0.0485. The summed E-state index contributed by atoms with van der Waals surface area (Å²) >= 11 is 0. The lowest BCUT2D eigenvalue weighted by atomic mass is 10.1. The van der Waals surface area contributed by atoms with Gasteiger partial charge in [0.25, 0.3) is 0 Å². The van der Waals surface area contributed by atoms with Gasteiger partial charge in [-0.05, 0) is 24.5 Å². The minimum Gasteiger partial charge on any atom is -0.321 e. The van der Waals surface area contributed by atoms with Crippen LogP contribution in [0.4, 0.5) is 0 Å². The Morgan fingerprint density at radius 3 is 3.13 bits per heavy atom. The highest BCUT2D eigenvalue weighted by Gasteiger charge is 2.19. The lowest BCUT2D eigenvalue weighted by Crippen LogP contribution is -2.13. The second-order valence-corrected chi connectivity index (χ2v) is 3.93. The molecule has 2 N–H and O–H groups in total. The van der Waals surface area contributed by atoms with Crippen molar-refractivity contribution in [1.82, 2.24) is 9.55 Å². The van der Waals surface area contributed by atoms with Crippen LogP contribution in [0.15, 0.2) is 36.7 Å². The van der Waals surface area contributed by atoms with Crippen LogP contribution in [0.5, 0.6) is 0 Å². The lowest BCUT2D eigenvalue weighted by Gasteiger charge is -2.09. The maximum absolute atomic E-state index is 6.09. The van der Waals surface area contributed by atoms with Crippen LogP contribution in [0.25, 0.3) is 5.69 Å². The van der Waals surface area contributed by atoms with Gasteiger partial charge in [0.05, 0.1) is 6.04 Å². The van der Waals surface area contributed by atoms with Crippen molar-refractivity contribution in [3.63, 3.8) is 0 Å². The Kier molecular flexibility index (Phi) is 1.86. The van der Waals surface area contributed by atoms with Crippen LogP contribution in [-0.4, -0.2) is 9.55 Å². The molecule has 76 valence electrons. The van der Waals surface area contributed by atoms with Crippen molar-refractivity contribution in [2.24, 2.45) is 5.73 Å². The van der Waals surface area contributed by atoms with E-state index in [1.54, 1.807) is 0 Å². The number of para-hydroxylation sites is 1. The van der Waals surface area contributed by atoms with Crippen LogP contribution in [-0.2, 0) is 6.42 Å². The summed E-state index contributed by atoms with van der Waals surface area (Å²) in [6.45, 7) is 0. The Morgan fingerprint density at radius 2 is 2.20 bits per heavy atom. The molecule has 0 aliphatic carbocycles. The van der Waals surface area contributed by atoms with E-state index in [2.05, 4.69) is 33.8 Å². The predicted octanol–water partition coefficient (Wildman–Crippen LogP) is 1.82. The first-order chi connectivity index (χ1) is 7.36. The second-order valence-electron chi connectivity index (χ2n) is 3.93. The summed E-state index contributed by atoms with van der Waals surface area (Å²) in [5, 5.41) is 0. The van der Waals surface area contributed by atoms with E-state index >= 15 is 0 Å². The van der Waals surface area contributed by atoms with Crippen LogP contribution >= 0.6 is 0 Å². The molecule has 0 amide bonds. The number of nitrogens with zero attached hydrogens (tertiary/aromatic N) is 2. The largest absolute Gasteiger partial charge is 0.321 e. The van der Waals surface area contributed by atoms with Crippen molar-refractivity contribution in [2.45, 2.75) is 18.9 Å². The third kappa shape index (κ3) is 1.27. The molecule has 15 heavy (non-hydrogen) atoms. The number of aryl methyl sites for hydroxylation is 1. The van der Waals surface area contributed by atoms with E-state index in [9.17, 15) is 0 Å². The molecule has 3 heteroatoms. The molecule has 1 aromatic carbocycles. The van der Waals surface area contributed by atoms with Crippen molar-refractivity contribution in [3.8, 4) is 5.69 Å². The monoisotopic (exact) mass is 199 g/mol. The lowest BCUT2D eigenvalue weighted by molar-refractivity contribution is 0.621.